The molecular weight excluding hydrogens is 366 g/mol. The van der Waals surface area contributed by atoms with Gasteiger partial charge < -0.3 is 15.4 Å². The Morgan fingerprint density at radius 3 is 2.42 bits per heavy atom. The smallest absolute Gasteiger partial charge is 0.338 e. The molecule has 2 aromatic carbocycles. The number of anilines is 2. The second-order valence-electron chi connectivity index (χ2n) is 5.21. The molecule has 5 nitrogen and oxygen atoms in total. The quantitative estimate of drug-likeness (QED) is 0.571. The van der Waals surface area contributed by atoms with E-state index >= 15 is 0 Å². The number of carbonyl (C=O) groups is 2. The van der Waals surface area contributed by atoms with Gasteiger partial charge in [0.05, 0.1) is 34.1 Å². The molecule has 0 spiro atoms. The topological polar surface area (TPSA) is 67.4 Å². The Morgan fingerprint density at radius 1 is 1.08 bits per heavy atom. The Balaban J connectivity index is 2.37. The van der Waals surface area contributed by atoms with Gasteiger partial charge in [-0.15, -0.1) is 0 Å². The number of rotatable bonds is 6. The Hall–Kier alpha value is -2.67. The standard InChI is InChI=1S/C18H17ClF2N2O3/c1-3-22-15-6-5-10(18(25)26-4-2)7-16(15)23-17(24)11-8-13(20)14(21)9-12(11)19/h5-9,22H,3-4H2,1-2H3,(H,23,24). The van der Waals surface area contributed by atoms with Crippen molar-refractivity contribution in [2.75, 3.05) is 23.8 Å². The summed E-state index contributed by atoms with van der Waals surface area (Å²) in [4.78, 5) is 24.3. The largest absolute Gasteiger partial charge is 0.462 e. The number of ether oxygens (including phenoxy) is 1. The molecule has 0 heterocycles. The Labute approximate surface area is 154 Å². The Kier molecular flexibility index (Phi) is 6.52. The summed E-state index contributed by atoms with van der Waals surface area (Å²) in [5, 5.41) is 5.36. The van der Waals surface area contributed by atoms with E-state index in [1.807, 2.05) is 6.92 Å². The van der Waals surface area contributed by atoms with Crippen LogP contribution in [0, 0.1) is 11.6 Å². The number of halogens is 3. The monoisotopic (exact) mass is 382 g/mol. The molecule has 0 unspecified atom stereocenters. The van der Waals surface area contributed by atoms with Gasteiger partial charge in [-0.25, -0.2) is 13.6 Å². The highest BCUT2D eigenvalue weighted by molar-refractivity contribution is 6.34. The first kappa shape index (κ1) is 19.7. The van der Waals surface area contributed by atoms with E-state index in [0.717, 1.165) is 12.1 Å². The average Bonchev–Trinajstić information content (AvgIpc) is 2.59. The van der Waals surface area contributed by atoms with E-state index < -0.39 is 23.5 Å². The molecule has 2 rings (SSSR count). The predicted molar refractivity (Wildman–Crippen MR) is 95.9 cm³/mol. The van der Waals surface area contributed by atoms with E-state index in [1.54, 1.807) is 19.1 Å². The summed E-state index contributed by atoms with van der Waals surface area (Å²) in [6, 6.07) is 6.04. The zero-order valence-electron chi connectivity index (χ0n) is 14.2. The van der Waals surface area contributed by atoms with Gasteiger partial charge in [-0.05, 0) is 44.2 Å². The van der Waals surface area contributed by atoms with Gasteiger partial charge in [0.2, 0.25) is 0 Å². The summed E-state index contributed by atoms with van der Waals surface area (Å²) in [6.07, 6.45) is 0. The molecule has 2 N–H and O–H groups in total. The second-order valence-corrected chi connectivity index (χ2v) is 5.62. The van der Waals surface area contributed by atoms with E-state index in [9.17, 15) is 18.4 Å². The first-order valence-corrected chi connectivity index (χ1v) is 8.26. The molecule has 0 aliphatic carbocycles. The van der Waals surface area contributed by atoms with Crippen LogP contribution >= 0.6 is 11.6 Å². The van der Waals surface area contributed by atoms with Crippen molar-refractivity contribution < 1.29 is 23.1 Å². The van der Waals surface area contributed by atoms with Crippen molar-refractivity contribution in [3.63, 3.8) is 0 Å². The van der Waals surface area contributed by atoms with Gasteiger partial charge in [0.25, 0.3) is 5.91 Å². The Morgan fingerprint density at radius 2 is 1.77 bits per heavy atom. The molecule has 26 heavy (non-hydrogen) atoms. The zero-order valence-corrected chi connectivity index (χ0v) is 14.9. The van der Waals surface area contributed by atoms with Gasteiger partial charge in [0.1, 0.15) is 0 Å². The lowest BCUT2D eigenvalue weighted by Gasteiger charge is -2.14. The first-order chi connectivity index (χ1) is 12.4. The van der Waals surface area contributed by atoms with Crippen LogP contribution in [0.4, 0.5) is 20.2 Å². The van der Waals surface area contributed by atoms with E-state index in [-0.39, 0.29) is 28.4 Å². The summed E-state index contributed by atoms with van der Waals surface area (Å²) in [6.45, 7) is 4.31. The fraction of sp³-hybridized carbons (Fsp3) is 0.222. The van der Waals surface area contributed by atoms with Gasteiger partial charge >= 0.3 is 5.97 Å². The third-order valence-corrected chi connectivity index (χ3v) is 3.71. The van der Waals surface area contributed by atoms with Crippen LogP contribution in [-0.4, -0.2) is 25.0 Å². The highest BCUT2D eigenvalue weighted by Crippen LogP contribution is 2.26. The summed E-state index contributed by atoms with van der Waals surface area (Å²) < 4.78 is 31.5. The van der Waals surface area contributed by atoms with Gasteiger partial charge in [-0.1, -0.05) is 11.6 Å². The highest BCUT2D eigenvalue weighted by atomic mass is 35.5. The van der Waals surface area contributed by atoms with Crippen molar-refractivity contribution >= 4 is 34.9 Å². The molecule has 8 heteroatoms. The molecule has 0 aliphatic heterocycles. The summed E-state index contributed by atoms with van der Waals surface area (Å²) in [7, 11) is 0. The molecule has 2 aromatic rings. The van der Waals surface area contributed by atoms with Crippen molar-refractivity contribution in [1.82, 2.24) is 0 Å². The van der Waals surface area contributed by atoms with Crippen LogP contribution in [0.3, 0.4) is 0 Å². The Bertz CT molecular complexity index is 843. The predicted octanol–water partition coefficient (Wildman–Crippen LogP) is 4.48. The lowest BCUT2D eigenvalue weighted by Crippen LogP contribution is -2.16. The maximum absolute atomic E-state index is 13.4. The number of hydrogen-bond donors (Lipinski definition) is 2. The minimum atomic E-state index is -1.19. The third kappa shape index (κ3) is 4.49. The van der Waals surface area contributed by atoms with E-state index in [2.05, 4.69) is 10.6 Å². The number of hydrogen-bond acceptors (Lipinski definition) is 4. The van der Waals surface area contributed by atoms with Crippen molar-refractivity contribution in [2.24, 2.45) is 0 Å². The van der Waals surface area contributed by atoms with Crippen LogP contribution in [0.2, 0.25) is 5.02 Å². The number of esters is 1. The fourth-order valence-corrected chi connectivity index (χ4v) is 2.46. The molecule has 0 atom stereocenters. The van der Waals surface area contributed by atoms with Gasteiger partial charge in [-0.2, -0.15) is 0 Å². The summed E-state index contributed by atoms with van der Waals surface area (Å²) >= 11 is 5.83. The zero-order chi connectivity index (χ0) is 19.3. The second kappa shape index (κ2) is 8.62. The van der Waals surface area contributed by atoms with Gasteiger partial charge in [0.15, 0.2) is 11.6 Å². The van der Waals surface area contributed by atoms with E-state index in [1.165, 1.54) is 6.07 Å². The number of nitrogens with one attached hydrogen (secondary N) is 2. The molecule has 0 saturated heterocycles. The lowest BCUT2D eigenvalue weighted by atomic mass is 10.1. The first-order valence-electron chi connectivity index (χ1n) is 7.88. The molecular formula is C18H17ClF2N2O3. The minimum absolute atomic E-state index is 0.208. The molecule has 0 radical (unpaired) electrons. The highest BCUT2D eigenvalue weighted by Gasteiger charge is 2.18. The normalized spacial score (nSPS) is 10.3. The van der Waals surface area contributed by atoms with Crippen molar-refractivity contribution in [1.29, 1.82) is 0 Å². The van der Waals surface area contributed by atoms with Crippen LogP contribution in [0.5, 0.6) is 0 Å². The summed E-state index contributed by atoms with van der Waals surface area (Å²) in [5.41, 5.74) is 0.838. The molecule has 0 saturated carbocycles. The molecule has 0 aliphatic rings. The number of benzene rings is 2. The molecule has 0 aromatic heterocycles. The van der Waals surface area contributed by atoms with E-state index in [0.29, 0.717) is 12.2 Å². The van der Waals surface area contributed by atoms with Crippen LogP contribution in [0.1, 0.15) is 34.6 Å². The fourth-order valence-electron chi connectivity index (χ4n) is 2.22. The molecule has 0 bridgehead atoms. The lowest BCUT2D eigenvalue weighted by molar-refractivity contribution is 0.0526. The maximum Gasteiger partial charge on any atom is 0.338 e. The van der Waals surface area contributed by atoms with Gasteiger partial charge in [-0.3, -0.25) is 4.79 Å². The van der Waals surface area contributed by atoms with Crippen molar-refractivity contribution in [3.05, 3.63) is 58.1 Å². The molecule has 138 valence electrons. The number of carbonyl (C=O) groups excluding carboxylic acids is 2. The minimum Gasteiger partial charge on any atom is -0.462 e. The average molecular weight is 383 g/mol. The van der Waals surface area contributed by atoms with Crippen LogP contribution in [0.15, 0.2) is 30.3 Å². The van der Waals surface area contributed by atoms with Crippen LogP contribution in [-0.2, 0) is 4.74 Å². The molecule has 1 amide bonds. The van der Waals surface area contributed by atoms with Crippen molar-refractivity contribution in [3.8, 4) is 0 Å². The number of amides is 1. The third-order valence-electron chi connectivity index (χ3n) is 3.40. The maximum atomic E-state index is 13.4. The van der Waals surface area contributed by atoms with E-state index in [4.69, 9.17) is 16.3 Å². The summed E-state index contributed by atoms with van der Waals surface area (Å²) in [5.74, 6) is -3.62. The van der Waals surface area contributed by atoms with Crippen LogP contribution < -0.4 is 10.6 Å². The molecule has 0 fully saturated rings. The van der Waals surface area contributed by atoms with Crippen molar-refractivity contribution in [2.45, 2.75) is 13.8 Å². The SMILES string of the molecule is CCNc1ccc(C(=O)OCC)cc1NC(=O)c1cc(F)c(F)cc1Cl. The van der Waals surface area contributed by atoms with Gasteiger partial charge in [0, 0.05) is 6.54 Å². The van der Waals surface area contributed by atoms with Crippen LogP contribution in [0.25, 0.3) is 0 Å².